The van der Waals surface area contributed by atoms with E-state index in [1.54, 1.807) is 13.8 Å². The minimum atomic E-state index is -4.41. The zero-order valence-corrected chi connectivity index (χ0v) is 9.87. The molecule has 0 aliphatic carbocycles. The summed E-state index contributed by atoms with van der Waals surface area (Å²) in [5.41, 5.74) is 4.68. The number of carbonyl (C=O) groups is 1. The summed E-state index contributed by atoms with van der Waals surface area (Å²) in [7, 11) is 0. The molecule has 0 aromatic heterocycles. The van der Waals surface area contributed by atoms with Crippen LogP contribution in [0.1, 0.15) is 13.8 Å². The van der Waals surface area contributed by atoms with Gasteiger partial charge in [-0.2, -0.15) is 13.2 Å². The van der Waals surface area contributed by atoms with Gasteiger partial charge in [-0.25, -0.2) is 0 Å². The maximum Gasteiger partial charge on any atom is 0.411 e. The standard InChI is InChI=1S/C8H15F3N2O2.ClH/c1-7(2,4-12)13-6(14)3-15-5-8(9,10)11;/h3-5,12H2,1-2H3,(H,13,14);1H. The second-order valence-corrected chi connectivity index (χ2v) is 3.74. The molecule has 0 aliphatic rings. The third-order valence-electron chi connectivity index (χ3n) is 1.49. The van der Waals surface area contributed by atoms with Gasteiger partial charge in [-0.05, 0) is 13.8 Å². The fraction of sp³-hybridized carbons (Fsp3) is 0.875. The van der Waals surface area contributed by atoms with Gasteiger partial charge in [-0.3, -0.25) is 4.79 Å². The van der Waals surface area contributed by atoms with Gasteiger partial charge in [0.1, 0.15) is 13.2 Å². The third-order valence-corrected chi connectivity index (χ3v) is 1.49. The Morgan fingerprint density at radius 2 is 1.88 bits per heavy atom. The van der Waals surface area contributed by atoms with Crippen molar-refractivity contribution in [3.05, 3.63) is 0 Å². The van der Waals surface area contributed by atoms with Crippen LogP contribution in [0.25, 0.3) is 0 Å². The van der Waals surface area contributed by atoms with Crippen molar-refractivity contribution in [2.24, 2.45) is 5.73 Å². The zero-order valence-electron chi connectivity index (χ0n) is 9.06. The quantitative estimate of drug-likeness (QED) is 0.773. The lowest BCUT2D eigenvalue weighted by molar-refractivity contribution is -0.175. The molecule has 98 valence electrons. The largest absolute Gasteiger partial charge is 0.411 e. The molecule has 3 N–H and O–H groups in total. The van der Waals surface area contributed by atoms with Gasteiger partial charge in [0.05, 0.1) is 0 Å². The van der Waals surface area contributed by atoms with Crippen molar-refractivity contribution in [3.8, 4) is 0 Å². The highest BCUT2D eigenvalue weighted by Gasteiger charge is 2.28. The monoisotopic (exact) mass is 264 g/mol. The maximum atomic E-state index is 11.6. The fourth-order valence-electron chi connectivity index (χ4n) is 0.724. The van der Waals surface area contributed by atoms with Crippen LogP contribution in [0.4, 0.5) is 13.2 Å². The minimum Gasteiger partial charge on any atom is -0.362 e. The summed E-state index contributed by atoms with van der Waals surface area (Å²) in [6, 6.07) is 0. The van der Waals surface area contributed by atoms with Gasteiger partial charge in [-0.15, -0.1) is 12.4 Å². The van der Waals surface area contributed by atoms with Crippen LogP contribution >= 0.6 is 12.4 Å². The van der Waals surface area contributed by atoms with Crippen molar-refractivity contribution in [2.45, 2.75) is 25.6 Å². The number of nitrogens with two attached hydrogens (primary N) is 1. The molecule has 0 fully saturated rings. The van der Waals surface area contributed by atoms with E-state index in [4.69, 9.17) is 5.73 Å². The second kappa shape index (κ2) is 6.93. The molecule has 0 atom stereocenters. The van der Waals surface area contributed by atoms with Crippen molar-refractivity contribution in [3.63, 3.8) is 0 Å². The number of rotatable bonds is 5. The predicted molar refractivity (Wildman–Crippen MR) is 55.4 cm³/mol. The van der Waals surface area contributed by atoms with Crippen LogP contribution in [0.2, 0.25) is 0 Å². The Morgan fingerprint density at radius 1 is 1.38 bits per heavy atom. The van der Waals surface area contributed by atoms with E-state index in [9.17, 15) is 18.0 Å². The van der Waals surface area contributed by atoms with E-state index >= 15 is 0 Å². The number of ether oxygens (including phenoxy) is 1. The van der Waals surface area contributed by atoms with Crippen LogP contribution in [0.5, 0.6) is 0 Å². The Morgan fingerprint density at radius 3 is 2.25 bits per heavy atom. The number of halogens is 4. The first-order chi connectivity index (χ1) is 6.66. The van der Waals surface area contributed by atoms with Crippen molar-refractivity contribution >= 4 is 18.3 Å². The molecule has 8 heteroatoms. The van der Waals surface area contributed by atoms with Gasteiger partial charge in [0, 0.05) is 12.1 Å². The second-order valence-electron chi connectivity index (χ2n) is 3.74. The van der Waals surface area contributed by atoms with E-state index in [0.717, 1.165) is 0 Å². The zero-order chi connectivity index (χ0) is 12.1. The van der Waals surface area contributed by atoms with E-state index in [-0.39, 0.29) is 19.0 Å². The lowest BCUT2D eigenvalue weighted by Gasteiger charge is -2.24. The summed E-state index contributed by atoms with van der Waals surface area (Å²) in [6.45, 7) is 1.47. The van der Waals surface area contributed by atoms with E-state index in [2.05, 4.69) is 10.1 Å². The minimum absolute atomic E-state index is 0. The van der Waals surface area contributed by atoms with Crippen LogP contribution < -0.4 is 11.1 Å². The van der Waals surface area contributed by atoms with Crippen LogP contribution in [0.3, 0.4) is 0 Å². The van der Waals surface area contributed by atoms with Crippen LogP contribution in [0, 0.1) is 0 Å². The molecule has 0 heterocycles. The average molecular weight is 265 g/mol. The molecular weight excluding hydrogens is 249 g/mol. The highest BCUT2D eigenvalue weighted by atomic mass is 35.5. The molecule has 0 aromatic carbocycles. The van der Waals surface area contributed by atoms with Crippen molar-refractivity contribution in [2.75, 3.05) is 19.8 Å². The smallest absolute Gasteiger partial charge is 0.362 e. The summed E-state index contributed by atoms with van der Waals surface area (Å²) < 4.78 is 39.1. The normalized spacial score (nSPS) is 11.9. The van der Waals surface area contributed by atoms with Crippen LogP contribution in [-0.4, -0.2) is 37.4 Å². The number of carbonyl (C=O) groups excluding carboxylic acids is 1. The molecule has 0 saturated carbocycles. The highest BCUT2D eigenvalue weighted by Crippen LogP contribution is 2.14. The topological polar surface area (TPSA) is 64.3 Å². The van der Waals surface area contributed by atoms with E-state index in [1.807, 2.05) is 0 Å². The van der Waals surface area contributed by atoms with Gasteiger partial charge >= 0.3 is 6.18 Å². The Hall–Kier alpha value is -0.530. The lowest BCUT2D eigenvalue weighted by Crippen LogP contribution is -2.50. The summed E-state index contributed by atoms with van der Waals surface area (Å²) in [4.78, 5) is 11.0. The fourth-order valence-corrected chi connectivity index (χ4v) is 0.724. The first-order valence-electron chi connectivity index (χ1n) is 4.32. The summed E-state index contributed by atoms with van der Waals surface area (Å²) in [5, 5.41) is 2.44. The van der Waals surface area contributed by atoms with Crippen molar-refractivity contribution in [1.82, 2.24) is 5.32 Å². The van der Waals surface area contributed by atoms with E-state index in [1.165, 1.54) is 0 Å². The van der Waals surface area contributed by atoms with Crippen molar-refractivity contribution < 1.29 is 22.7 Å². The van der Waals surface area contributed by atoms with E-state index in [0.29, 0.717) is 0 Å². The molecule has 0 bridgehead atoms. The first kappa shape index (κ1) is 17.9. The Labute approximate surface area is 98.1 Å². The molecule has 0 aromatic rings. The lowest BCUT2D eigenvalue weighted by atomic mass is 10.1. The number of hydrogen-bond acceptors (Lipinski definition) is 3. The predicted octanol–water partition coefficient (Wildman–Crippen LogP) is 0.841. The molecule has 4 nitrogen and oxygen atoms in total. The molecule has 0 aliphatic heterocycles. The number of alkyl halides is 3. The number of nitrogens with one attached hydrogen (secondary N) is 1. The van der Waals surface area contributed by atoms with Crippen LogP contribution in [-0.2, 0) is 9.53 Å². The van der Waals surface area contributed by atoms with Gasteiger partial charge in [0.25, 0.3) is 0 Å². The maximum absolute atomic E-state index is 11.6. The Bertz CT molecular complexity index is 222. The van der Waals surface area contributed by atoms with Gasteiger partial charge < -0.3 is 15.8 Å². The molecule has 0 unspecified atom stereocenters. The number of amides is 1. The third kappa shape index (κ3) is 10.0. The molecule has 0 spiro atoms. The van der Waals surface area contributed by atoms with Crippen molar-refractivity contribution in [1.29, 1.82) is 0 Å². The summed E-state index contributed by atoms with van der Waals surface area (Å²) in [5.74, 6) is -0.616. The molecule has 0 radical (unpaired) electrons. The Balaban J connectivity index is 0. The Kier molecular flexibility index (Phi) is 7.73. The summed E-state index contributed by atoms with van der Waals surface area (Å²) in [6.07, 6.45) is -4.41. The van der Waals surface area contributed by atoms with Gasteiger partial charge in [0.15, 0.2) is 0 Å². The molecular formula is C8H16ClF3N2O2. The number of hydrogen-bond donors (Lipinski definition) is 2. The first-order valence-corrected chi connectivity index (χ1v) is 4.32. The molecule has 0 rings (SSSR count). The average Bonchev–Trinajstić information content (AvgIpc) is 2.00. The van der Waals surface area contributed by atoms with E-state index < -0.39 is 30.8 Å². The SMILES string of the molecule is CC(C)(CN)NC(=O)COCC(F)(F)F.Cl. The molecule has 1 amide bonds. The summed E-state index contributed by atoms with van der Waals surface area (Å²) >= 11 is 0. The molecule has 16 heavy (non-hydrogen) atoms. The van der Waals surface area contributed by atoms with Gasteiger partial charge in [0.2, 0.25) is 5.91 Å². The highest BCUT2D eigenvalue weighted by molar-refractivity contribution is 5.85. The van der Waals surface area contributed by atoms with Crippen LogP contribution in [0.15, 0.2) is 0 Å². The van der Waals surface area contributed by atoms with Gasteiger partial charge in [-0.1, -0.05) is 0 Å². The molecule has 0 saturated heterocycles.